The maximum absolute atomic E-state index is 12.5. The average molecular weight is 423 g/mol. The number of amides is 2. The van der Waals surface area contributed by atoms with Gasteiger partial charge in [-0.2, -0.15) is 0 Å². The van der Waals surface area contributed by atoms with Crippen molar-refractivity contribution < 1.29 is 14.5 Å². The zero-order valence-corrected chi connectivity index (χ0v) is 18.1. The van der Waals surface area contributed by atoms with Gasteiger partial charge in [0.05, 0.1) is 17.1 Å². The third kappa shape index (κ3) is 6.23. The number of hydrogen-bond acceptors (Lipinski definition) is 2. The molecule has 2 amide bonds. The standard InChI is InChI=1S/C21H25Cl2N3O2/c1-14-6-5-7-15(2)21(14)24-19(27)12-25(3)13-20(28)26(4)11-16-8-9-17(22)18(23)10-16/h5-10H,11-13H2,1-4H3,(H,24,27)/p+1. The highest BCUT2D eigenvalue weighted by Gasteiger charge is 2.18. The van der Waals surface area contributed by atoms with E-state index in [4.69, 9.17) is 23.2 Å². The van der Waals surface area contributed by atoms with Gasteiger partial charge in [0.15, 0.2) is 13.1 Å². The lowest BCUT2D eigenvalue weighted by molar-refractivity contribution is -0.862. The number of likely N-dealkylation sites (N-methyl/N-ethyl adjacent to an activating group) is 2. The van der Waals surface area contributed by atoms with E-state index in [1.807, 2.05) is 45.2 Å². The fraction of sp³-hybridized carbons (Fsp3) is 0.333. The van der Waals surface area contributed by atoms with Crippen LogP contribution in [0.3, 0.4) is 0 Å². The highest BCUT2D eigenvalue weighted by molar-refractivity contribution is 6.42. The van der Waals surface area contributed by atoms with Crippen LogP contribution in [-0.2, 0) is 16.1 Å². The third-order valence-electron chi connectivity index (χ3n) is 4.49. The van der Waals surface area contributed by atoms with Gasteiger partial charge in [-0.15, -0.1) is 0 Å². The van der Waals surface area contributed by atoms with Crippen molar-refractivity contribution in [3.8, 4) is 0 Å². The highest BCUT2D eigenvalue weighted by Crippen LogP contribution is 2.23. The van der Waals surface area contributed by atoms with Crippen molar-refractivity contribution in [2.24, 2.45) is 0 Å². The van der Waals surface area contributed by atoms with Crippen LogP contribution in [0.1, 0.15) is 16.7 Å². The number of benzene rings is 2. The SMILES string of the molecule is Cc1cccc(C)c1NC(=O)C[NH+](C)CC(=O)N(C)Cc1ccc(Cl)c(Cl)c1. The summed E-state index contributed by atoms with van der Waals surface area (Å²) in [6.45, 7) is 4.77. The summed E-state index contributed by atoms with van der Waals surface area (Å²) in [5.41, 5.74) is 3.77. The predicted octanol–water partition coefficient (Wildman–Crippen LogP) is 2.72. The second-order valence-electron chi connectivity index (χ2n) is 7.12. The molecule has 0 saturated heterocycles. The van der Waals surface area contributed by atoms with Crippen LogP contribution in [-0.4, -0.2) is 43.9 Å². The number of nitrogens with one attached hydrogen (secondary N) is 2. The van der Waals surface area contributed by atoms with E-state index in [-0.39, 0.29) is 24.9 Å². The molecule has 0 bridgehead atoms. The molecular weight excluding hydrogens is 397 g/mol. The number of rotatable bonds is 7. The molecule has 1 unspecified atom stereocenters. The second-order valence-corrected chi connectivity index (χ2v) is 7.94. The summed E-state index contributed by atoms with van der Waals surface area (Å²) in [6.07, 6.45) is 0. The quantitative estimate of drug-likeness (QED) is 0.720. The molecule has 2 N–H and O–H groups in total. The van der Waals surface area contributed by atoms with Gasteiger partial charge in [0, 0.05) is 19.3 Å². The van der Waals surface area contributed by atoms with Gasteiger partial charge in [0.25, 0.3) is 11.8 Å². The number of aryl methyl sites for hydroxylation is 2. The minimum absolute atomic E-state index is 0.0524. The molecule has 0 heterocycles. The summed E-state index contributed by atoms with van der Waals surface area (Å²) < 4.78 is 0. The molecule has 0 aliphatic rings. The van der Waals surface area contributed by atoms with Crippen molar-refractivity contribution >= 4 is 40.7 Å². The molecule has 0 aliphatic heterocycles. The Hall–Kier alpha value is -2.08. The van der Waals surface area contributed by atoms with Crippen molar-refractivity contribution in [2.75, 3.05) is 32.5 Å². The molecule has 2 aromatic rings. The number of halogens is 2. The van der Waals surface area contributed by atoms with E-state index in [9.17, 15) is 9.59 Å². The van der Waals surface area contributed by atoms with Crippen molar-refractivity contribution in [1.29, 1.82) is 0 Å². The van der Waals surface area contributed by atoms with Crippen LogP contribution in [0, 0.1) is 13.8 Å². The Bertz CT molecular complexity index is 850. The first kappa shape index (κ1) is 22.2. The van der Waals surface area contributed by atoms with Crippen LogP contribution in [0.25, 0.3) is 0 Å². The number of anilines is 1. The van der Waals surface area contributed by atoms with E-state index in [0.717, 1.165) is 27.3 Å². The molecule has 0 fully saturated rings. The van der Waals surface area contributed by atoms with Crippen LogP contribution >= 0.6 is 23.2 Å². The van der Waals surface area contributed by atoms with E-state index in [1.54, 1.807) is 24.1 Å². The maximum Gasteiger partial charge on any atom is 0.279 e. The molecule has 0 spiro atoms. The van der Waals surface area contributed by atoms with Crippen LogP contribution in [0.5, 0.6) is 0 Å². The van der Waals surface area contributed by atoms with Crippen LogP contribution < -0.4 is 10.2 Å². The molecule has 150 valence electrons. The molecule has 2 rings (SSSR count). The number of carbonyl (C=O) groups is 2. The Morgan fingerprint density at radius 3 is 2.29 bits per heavy atom. The minimum atomic E-state index is -0.116. The summed E-state index contributed by atoms with van der Waals surface area (Å²) in [7, 11) is 3.56. The number of nitrogens with zero attached hydrogens (tertiary/aromatic N) is 1. The smallest absolute Gasteiger partial charge is 0.279 e. The average Bonchev–Trinajstić information content (AvgIpc) is 2.61. The fourth-order valence-electron chi connectivity index (χ4n) is 2.92. The molecule has 2 aromatic carbocycles. The number of carbonyl (C=O) groups excluding carboxylic acids is 2. The third-order valence-corrected chi connectivity index (χ3v) is 5.23. The lowest BCUT2D eigenvalue weighted by Gasteiger charge is -2.20. The van der Waals surface area contributed by atoms with Gasteiger partial charge in [0.2, 0.25) is 0 Å². The number of quaternary nitrogens is 1. The molecule has 7 heteroatoms. The van der Waals surface area contributed by atoms with Crippen molar-refractivity contribution in [3.05, 3.63) is 63.1 Å². The summed E-state index contributed by atoms with van der Waals surface area (Å²) in [4.78, 5) is 27.3. The van der Waals surface area contributed by atoms with E-state index < -0.39 is 0 Å². The maximum atomic E-state index is 12.5. The summed E-state index contributed by atoms with van der Waals surface area (Å²) in [5.74, 6) is -0.168. The van der Waals surface area contributed by atoms with Crippen molar-refractivity contribution in [3.63, 3.8) is 0 Å². The van der Waals surface area contributed by atoms with E-state index in [2.05, 4.69) is 5.32 Å². The van der Waals surface area contributed by atoms with Crippen molar-refractivity contribution in [2.45, 2.75) is 20.4 Å². The van der Waals surface area contributed by atoms with E-state index in [0.29, 0.717) is 16.6 Å². The van der Waals surface area contributed by atoms with Gasteiger partial charge in [-0.1, -0.05) is 47.5 Å². The van der Waals surface area contributed by atoms with Gasteiger partial charge in [-0.25, -0.2) is 0 Å². The molecule has 1 atom stereocenters. The number of para-hydroxylation sites is 1. The first-order valence-electron chi connectivity index (χ1n) is 9.02. The molecule has 5 nitrogen and oxygen atoms in total. The monoisotopic (exact) mass is 422 g/mol. The summed E-state index contributed by atoms with van der Waals surface area (Å²) in [6, 6.07) is 11.2. The van der Waals surface area contributed by atoms with Crippen LogP contribution in [0.4, 0.5) is 5.69 Å². The molecule has 28 heavy (non-hydrogen) atoms. The van der Waals surface area contributed by atoms with E-state index >= 15 is 0 Å². The van der Waals surface area contributed by atoms with Gasteiger partial charge in [0.1, 0.15) is 0 Å². The molecule has 0 aromatic heterocycles. The first-order chi connectivity index (χ1) is 13.2. The topological polar surface area (TPSA) is 53.9 Å². The Morgan fingerprint density at radius 2 is 1.68 bits per heavy atom. The Morgan fingerprint density at radius 1 is 1.04 bits per heavy atom. The second kappa shape index (κ2) is 9.92. The van der Waals surface area contributed by atoms with Crippen LogP contribution in [0.15, 0.2) is 36.4 Å². The molecule has 0 saturated carbocycles. The predicted molar refractivity (Wildman–Crippen MR) is 114 cm³/mol. The Balaban J connectivity index is 1.87. The molecule has 0 radical (unpaired) electrons. The summed E-state index contributed by atoms with van der Waals surface area (Å²) >= 11 is 11.9. The van der Waals surface area contributed by atoms with Gasteiger partial charge >= 0.3 is 0 Å². The van der Waals surface area contributed by atoms with Gasteiger partial charge in [-0.05, 0) is 42.7 Å². The lowest BCUT2D eigenvalue weighted by atomic mass is 10.1. The van der Waals surface area contributed by atoms with E-state index in [1.165, 1.54) is 0 Å². The highest BCUT2D eigenvalue weighted by atomic mass is 35.5. The Labute approximate surface area is 176 Å². The largest absolute Gasteiger partial charge is 0.337 e. The zero-order chi connectivity index (χ0) is 20.8. The Kier molecular flexibility index (Phi) is 7.87. The normalized spacial score (nSPS) is 11.8. The van der Waals surface area contributed by atoms with Gasteiger partial charge < -0.3 is 15.1 Å². The first-order valence-corrected chi connectivity index (χ1v) is 9.78. The summed E-state index contributed by atoms with van der Waals surface area (Å²) in [5, 5.41) is 3.90. The molecular formula is C21H26Cl2N3O2+. The van der Waals surface area contributed by atoms with Crippen molar-refractivity contribution in [1.82, 2.24) is 4.90 Å². The zero-order valence-electron chi connectivity index (χ0n) is 16.6. The van der Waals surface area contributed by atoms with Crippen LogP contribution in [0.2, 0.25) is 10.0 Å². The fourth-order valence-corrected chi connectivity index (χ4v) is 3.25. The number of hydrogen-bond donors (Lipinski definition) is 2. The minimum Gasteiger partial charge on any atom is -0.337 e. The van der Waals surface area contributed by atoms with Gasteiger partial charge in [-0.3, -0.25) is 9.59 Å². The molecule has 0 aliphatic carbocycles. The lowest BCUT2D eigenvalue weighted by Crippen LogP contribution is -3.11.